The fourth-order valence-corrected chi connectivity index (χ4v) is 2.43. The zero-order chi connectivity index (χ0) is 15.2. The van der Waals surface area contributed by atoms with Crippen LogP contribution in [0.4, 0.5) is 5.69 Å². The molecule has 1 aromatic rings. The van der Waals surface area contributed by atoms with Gasteiger partial charge in [0.2, 0.25) is 0 Å². The standard InChI is InChI=1S/C14H19N3O4/c1-21-11-2-3-13(17(19)20)12(8-11)14(18)16-7-5-10-4-6-15-9-10/h2-3,8,10,15H,4-7,9H2,1H3,(H,16,18). The SMILES string of the molecule is COc1ccc([N+](=O)[O-])c(C(=O)NCCC2CCNC2)c1. The van der Waals surface area contributed by atoms with Crippen molar-refractivity contribution >= 4 is 11.6 Å². The smallest absolute Gasteiger partial charge is 0.282 e. The number of nitrogens with one attached hydrogen (secondary N) is 2. The quantitative estimate of drug-likeness (QED) is 0.609. The fourth-order valence-electron chi connectivity index (χ4n) is 2.43. The molecule has 1 aromatic carbocycles. The molecule has 2 N–H and O–H groups in total. The number of methoxy groups -OCH3 is 1. The molecular weight excluding hydrogens is 274 g/mol. The summed E-state index contributed by atoms with van der Waals surface area (Å²) in [6.07, 6.45) is 1.98. The summed E-state index contributed by atoms with van der Waals surface area (Å²) in [6.45, 7) is 2.49. The third kappa shape index (κ3) is 3.91. The lowest BCUT2D eigenvalue weighted by Crippen LogP contribution is -2.27. The van der Waals surface area contributed by atoms with Crippen molar-refractivity contribution < 1.29 is 14.5 Å². The van der Waals surface area contributed by atoms with E-state index < -0.39 is 10.8 Å². The summed E-state index contributed by atoms with van der Waals surface area (Å²) in [5.41, 5.74) is -0.181. The van der Waals surface area contributed by atoms with Gasteiger partial charge in [-0.05, 0) is 44.0 Å². The van der Waals surface area contributed by atoms with E-state index in [1.165, 1.54) is 25.3 Å². The van der Waals surface area contributed by atoms with E-state index in [9.17, 15) is 14.9 Å². The number of rotatable bonds is 6. The van der Waals surface area contributed by atoms with E-state index in [2.05, 4.69) is 10.6 Å². The number of ether oxygens (including phenoxy) is 1. The van der Waals surface area contributed by atoms with Gasteiger partial charge in [-0.2, -0.15) is 0 Å². The molecule has 1 amide bonds. The maximum atomic E-state index is 12.1. The van der Waals surface area contributed by atoms with Crippen molar-refractivity contribution in [2.24, 2.45) is 5.92 Å². The zero-order valence-corrected chi connectivity index (χ0v) is 11.9. The molecule has 0 aliphatic carbocycles. The molecule has 0 spiro atoms. The van der Waals surface area contributed by atoms with Crippen molar-refractivity contribution in [3.8, 4) is 5.75 Å². The van der Waals surface area contributed by atoms with Gasteiger partial charge in [-0.25, -0.2) is 0 Å². The molecular formula is C14H19N3O4. The summed E-state index contributed by atoms with van der Waals surface area (Å²) in [4.78, 5) is 22.6. The Bertz CT molecular complexity index is 527. The number of nitrogens with zero attached hydrogens (tertiary/aromatic N) is 1. The molecule has 1 aliphatic heterocycles. The van der Waals surface area contributed by atoms with Crippen LogP contribution in [0.3, 0.4) is 0 Å². The number of nitro benzene ring substituents is 1. The average molecular weight is 293 g/mol. The summed E-state index contributed by atoms with van der Waals surface area (Å²) < 4.78 is 5.01. The number of benzene rings is 1. The highest BCUT2D eigenvalue weighted by atomic mass is 16.6. The van der Waals surface area contributed by atoms with Gasteiger partial charge < -0.3 is 15.4 Å². The summed E-state index contributed by atoms with van der Waals surface area (Å²) in [6, 6.07) is 4.15. The van der Waals surface area contributed by atoms with Gasteiger partial charge in [-0.3, -0.25) is 14.9 Å². The Kier molecular flexibility index (Phi) is 5.10. The third-order valence-electron chi connectivity index (χ3n) is 3.65. The predicted molar refractivity (Wildman–Crippen MR) is 77.6 cm³/mol. The van der Waals surface area contributed by atoms with E-state index in [1.54, 1.807) is 0 Å². The Morgan fingerprint density at radius 3 is 3.00 bits per heavy atom. The van der Waals surface area contributed by atoms with Crippen molar-refractivity contribution in [3.05, 3.63) is 33.9 Å². The Morgan fingerprint density at radius 1 is 1.57 bits per heavy atom. The molecule has 0 saturated carbocycles. The van der Waals surface area contributed by atoms with Crippen LogP contribution in [0.15, 0.2) is 18.2 Å². The normalized spacial score (nSPS) is 17.5. The number of hydrogen-bond donors (Lipinski definition) is 2. The Hall–Kier alpha value is -2.15. The molecule has 2 rings (SSSR count). The Balaban J connectivity index is 2.00. The van der Waals surface area contributed by atoms with E-state index in [4.69, 9.17) is 4.74 Å². The first-order valence-electron chi connectivity index (χ1n) is 6.93. The largest absolute Gasteiger partial charge is 0.497 e. The lowest BCUT2D eigenvalue weighted by atomic mass is 10.1. The minimum absolute atomic E-state index is 0.0314. The van der Waals surface area contributed by atoms with E-state index in [0.29, 0.717) is 18.2 Å². The summed E-state index contributed by atoms with van der Waals surface area (Å²) in [5, 5.41) is 17.0. The van der Waals surface area contributed by atoms with Crippen molar-refractivity contribution in [2.75, 3.05) is 26.7 Å². The van der Waals surface area contributed by atoms with Crippen LogP contribution >= 0.6 is 0 Å². The van der Waals surface area contributed by atoms with E-state index in [0.717, 1.165) is 25.9 Å². The number of amides is 1. The van der Waals surface area contributed by atoms with Gasteiger partial charge >= 0.3 is 0 Å². The third-order valence-corrected chi connectivity index (χ3v) is 3.65. The predicted octanol–water partition coefficient (Wildman–Crippen LogP) is 1.33. The number of hydrogen-bond acceptors (Lipinski definition) is 5. The van der Waals surface area contributed by atoms with Crippen molar-refractivity contribution in [1.82, 2.24) is 10.6 Å². The molecule has 1 heterocycles. The van der Waals surface area contributed by atoms with Crippen LogP contribution in [-0.2, 0) is 0 Å². The minimum atomic E-state index is -0.560. The minimum Gasteiger partial charge on any atom is -0.497 e. The van der Waals surface area contributed by atoms with Gasteiger partial charge in [0.1, 0.15) is 11.3 Å². The van der Waals surface area contributed by atoms with Crippen LogP contribution in [0, 0.1) is 16.0 Å². The van der Waals surface area contributed by atoms with E-state index in [1.807, 2.05) is 0 Å². The van der Waals surface area contributed by atoms with E-state index >= 15 is 0 Å². The Labute approximate surface area is 122 Å². The molecule has 7 nitrogen and oxygen atoms in total. The number of carbonyl (C=O) groups excluding carboxylic acids is 1. The lowest BCUT2D eigenvalue weighted by Gasteiger charge is -2.10. The highest BCUT2D eigenvalue weighted by Gasteiger charge is 2.21. The average Bonchev–Trinajstić information content (AvgIpc) is 2.99. The van der Waals surface area contributed by atoms with Crippen LogP contribution < -0.4 is 15.4 Å². The zero-order valence-electron chi connectivity index (χ0n) is 11.9. The molecule has 0 bridgehead atoms. The van der Waals surface area contributed by atoms with Crippen LogP contribution in [0.5, 0.6) is 5.75 Å². The first-order chi connectivity index (χ1) is 10.1. The second-order valence-electron chi connectivity index (χ2n) is 5.04. The highest BCUT2D eigenvalue weighted by Crippen LogP contribution is 2.24. The topological polar surface area (TPSA) is 93.5 Å². The van der Waals surface area contributed by atoms with Crippen LogP contribution in [0.1, 0.15) is 23.2 Å². The molecule has 1 aliphatic rings. The van der Waals surface area contributed by atoms with Crippen molar-refractivity contribution in [2.45, 2.75) is 12.8 Å². The highest BCUT2D eigenvalue weighted by molar-refractivity contribution is 5.98. The molecule has 0 aromatic heterocycles. The summed E-state index contributed by atoms with van der Waals surface area (Å²) in [7, 11) is 1.45. The van der Waals surface area contributed by atoms with Gasteiger partial charge in [-0.15, -0.1) is 0 Å². The maximum Gasteiger partial charge on any atom is 0.282 e. The summed E-state index contributed by atoms with van der Waals surface area (Å²) in [5.74, 6) is 0.544. The monoisotopic (exact) mass is 293 g/mol. The van der Waals surface area contributed by atoms with Crippen LogP contribution in [-0.4, -0.2) is 37.6 Å². The number of nitro groups is 1. The fraction of sp³-hybridized carbons (Fsp3) is 0.500. The van der Waals surface area contributed by atoms with Crippen LogP contribution in [0.25, 0.3) is 0 Å². The van der Waals surface area contributed by atoms with Gasteiger partial charge in [-0.1, -0.05) is 0 Å². The maximum absolute atomic E-state index is 12.1. The molecule has 1 unspecified atom stereocenters. The van der Waals surface area contributed by atoms with Gasteiger partial charge in [0.05, 0.1) is 12.0 Å². The van der Waals surface area contributed by atoms with Crippen molar-refractivity contribution in [1.29, 1.82) is 0 Å². The molecule has 1 saturated heterocycles. The van der Waals surface area contributed by atoms with Gasteiger partial charge in [0.15, 0.2) is 0 Å². The molecule has 7 heteroatoms. The number of carbonyl (C=O) groups is 1. The summed E-state index contributed by atoms with van der Waals surface area (Å²) >= 11 is 0. The molecule has 1 fully saturated rings. The second-order valence-corrected chi connectivity index (χ2v) is 5.04. The first kappa shape index (κ1) is 15.2. The second kappa shape index (κ2) is 7.03. The van der Waals surface area contributed by atoms with Gasteiger partial charge in [0.25, 0.3) is 11.6 Å². The van der Waals surface area contributed by atoms with Crippen molar-refractivity contribution in [3.63, 3.8) is 0 Å². The molecule has 114 valence electrons. The molecule has 21 heavy (non-hydrogen) atoms. The lowest BCUT2D eigenvalue weighted by molar-refractivity contribution is -0.385. The van der Waals surface area contributed by atoms with Gasteiger partial charge in [0, 0.05) is 12.6 Å². The van der Waals surface area contributed by atoms with E-state index in [-0.39, 0.29) is 11.3 Å². The van der Waals surface area contributed by atoms with Crippen LogP contribution in [0.2, 0.25) is 0 Å². The molecule has 1 atom stereocenters. The molecule has 0 radical (unpaired) electrons. The Morgan fingerprint density at radius 2 is 2.38 bits per heavy atom. The first-order valence-corrected chi connectivity index (χ1v) is 6.93.